The number of hydrogen-bond acceptors (Lipinski definition) is 3. The summed E-state index contributed by atoms with van der Waals surface area (Å²) >= 11 is 0. The minimum absolute atomic E-state index is 0.0239. The Morgan fingerprint density at radius 3 is 2.53 bits per heavy atom. The molecule has 2 N–H and O–H groups in total. The molecule has 1 aromatic rings. The lowest BCUT2D eigenvalue weighted by Gasteiger charge is -2.24. The van der Waals surface area contributed by atoms with Gasteiger partial charge in [0.25, 0.3) is 0 Å². The Morgan fingerprint density at radius 2 is 2.00 bits per heavy atom. The number of ether oxygens (including phenoxy) is 1. The molecule has 1 aliphatic rings. The number of benzene rings is 1. The van der Waals surface area contributed by atoms with Gasteiger partial charge in [-0.1, -0.05) is 32.9 Å². The second-order valence-electron chi connectivity index (χ2n) is 5.89. The maximum Gasteiger partial charge on any atom is 0.229 e. The first-order valence-electron chi connectivity index (χ1n) is 6.70. The average molecular weight is 262 g/mol. The van der Waals surface area contributed by atoms with Crippen molar-refractivity contribution in [2.75, 3.05) is 25.0 Å². The number of morpholine rings is 1. The first-order valence-corrected chi connectivity index (χ1v) is 6.70. The lowest BCUT2D eigenvalue weighted by Crippen LogP contribution is -2.33. The van der Waals surface area contributed by atoms with Crippen LogP contribution >= 0.6 is 0 Å². The molecule has 0 spiro atoms. The van der Waals surface area contributed by atoms with Gasteiger partial charge in [0.05, 0.1) is 12.7 Å². The lowest BCUT2D eigenvalue weighted by molar-refractivity contribution is -0.123. The molecule has 0 radical (unpaired) electrons. The molecule has 1 atom stereocenters. The van der Waals surface area contributed by atoms with E-state index in [4.69, 9.17) is 4.74 Å². The van der Waals surface area contributed by atoms with E-state index in [0.717, 1.165) is 30.9 Å². The van der Waals surface area contributed by atoms with E-state index in [9.17, 15) is 4.79 Å². The zero-order chi connectivity index (χ0) is 13.9. The highest BCUT2D eigenvalue weighted by Gasteiger charge is 2.21. The maximum atomic E-state index is 11.9. The standard InChI is InChI=1S/C15H22N2O2/c1-15(2,3)14(18)17-12-6-4-11(5-7-12)13-10-16-8-9-19-13/h4-7,13,16H,8-10H2,1-3H3,(H,17,18)/t13-/m1/s1. The van der Waals surface area contributed by atoms with E-state index in [1.807, 2.05) is 45.0 Å². The highest BCUT2D eigenvalue weighted by molar-refractivity contribution is 5.94. The molecular formula is C15H22N2O2. The maximum absolute atomic E-state index is 11.9. The monoisotopic (exact) mass is 262 g/mol. The normalized spacial score (nSPS) is 20.1. The van der Waals surface area contributed by atoms with Crippen molar-refractivity contribution in [3.05, 3.63) is 29.8 Å². The van der Waals surface area contributed by atoms with Crippen molar-refractivity contribution in [2.45, 2.75) is 26.9 Å². The quantitative estimate of drug-likeness (QED) is 0.860. The molecule has 1 fully saturated rings. The number of nitrogens with one attached hydrogen (secondary N) is 2. The predicted octanol–water partition coefficient (Wildman–Crippen LogP) is 2.33. The summed E-state index contributed by atoms with van der Waals surface area (Å²) in [5.41, 5.74) is 1.59. The van der Waals surface area contributed by atoms with E-state index in [1.54, 1.807) is 0 Å². The fraction of sp³-hybridized carbons (Fsp3) is 0.533. The van der Waals surface area contributed by atoms with E-state index < -0.39 is 0 Å². The van der Waals surface area contributed by atoms with Crippen LogP contribution in [0.1, 0.15) is 32.4 Å². The van der Waals surface area contributed by atoms with Crippen molar-refractivity contribution in [1.29, 1.82) is 0 Å². The largest absolute Gasteiger partial charge is 0.371 e. The van der Waals surface area contributed by atoms with Crippen LogP contribution in [0.2, 0.25) is 0 Å². The summed E-state index contributed by atoms with van der Waals surface area (Å²) in [5, 5.41) is 6.22. The molecule has 1 amide bonds. The third kappa shape index (κ3) is 3.78. The zero-order valence-corrected chi connectivity index (χ0v) is 11.8. The van der Waals surface area contributed by atoms with Crippen LogP contribution in [0.3, 0.4) is 0 Å². The highest BCUT2D eigenvalue weighted by Crippen LogP contribution is 2.22. The van der Waals surface area contributed by atoms with Crippen LogP contribution in [0, 0.1) is 5.41 Å². The van der Waals surface area contributed by atoms with Gasteiger partial charge in [0.15, 0.2) is 0 Å². The van der Waals surface area contributed by atoms with Crippen LogP contribution in [0.25, 0.3) is 0 Å². The van der Waals surface area contributed by atoms with Crippen molar-refractivity contribution in [1.82, 2.24) is 5.32 Å². The van der Waals surface area contributed by atoms with Crippen molar-refractivity contribution in [3.63, 3.8) is 0 Å². The van der Waals surface area contributed by atoms with E-state index in [1.165, 1.54) is 0 Å². The molecule has 1 saturated heterocycles. The summed E-state index contributed by atoms with van der Waals surface area (Å²) in [6, 6.07) is 7.87. The van der Waals surface area contributed by atoms with Gasteiger partial charge in [0.1, 0.15) is 0 Å². The fourth-order valence-corrected chi connectivity index (χ4v) is 1.88. The van der Waals surface area contributed by atoms with Gasteiger partial charge >= 0.3 is 0 Å². The summed E-state index contributed by atoms with van der Waals surface area (Å²) in [7, 11) is 0. The van der Waals surface area contributed by atoms with Crippen molar-refractivity contribution < 1.29 is 9.53 Å². The second kappa shape index (κ2) is 5.72. The van der Waals surface area contributed by atoms with E-state index in [2.05, 4.69) is 10.6 Å². The van der Waals surface area contributed by atoms with Crippen molar-refractivity contribution in [2.24, 2.45) is 5.41 Å². The third-order valence-electron chi connectivity index (χ3n) is 3.15. The molecule has 0 bridgehead atoms. The van der Waals surface area contributed by atoms with Gasteiger partial charge in [-0.2, -0.15) is 0 Å². The molecule has 1 aliphatic heterocycles. The lowest BCUT2D eigenvalue weighted by atomic mass is 9.95. The number of rotatable bonds is 2. The molecule has 2 rings (SSSR count). The molecule has 104 valence electrons. The highest BCUT2D eigenvalue weighted by atomic mass is 16.5. The number of hydrogen-bond donors (Lipinski definition) is 2. The average Bonchev–Trinajstić information content (AvgIpc) is 2.39. The summed E-state index contributed by atoms with van der Waals surface area (Å²) in [5.74, 6) is 0.0239. The van der Waals surface area contributed by atoms with Crippen LogP contribution in [-0.2, 0) is 9.53 Å². The Kier molecular flexibility index (Phi) is 4.22. The molecule has 0 aliphatic carbocycles. The summed E-state index contributed by atoms with van der Waals surface area (Å²) in [6.07, 6.45) is 0.112. The van der Waals surface area contributed by atoms with Crippen LogP contribution in [-0.4, -0.2) is 25.6 Å². The summed E-state index contributed by atoms with van der Waals surface area (Å²) in [6.45, 7) is 8.20. The second-order valence-corrected chi connectivity index (χ2v) is 5.89. The van der Waals surface area contributed by atoms with Crippen LogP contribution < -0.4 is 10.6 Å². The molecule has 19 heavy (non-hydrogen) atoms. The Labute approximate surface area is 114 Å². The van der Waals surface area contributed by atoms with E-state index in [-0.39, 0.29) is 17.4 Å². The third-order valence-corrected chi connectivity index (χ3v) is 3.15. The summed E-state index contributed by atoms with van der Waals surface area (Å²) in [4.78, 5) is 11.9. The van der Waals surface area contributed by atoms with Crippen molar-refractivity contribution >= 4 is 11.6 Å². The van der Waals surface area contributed by atoms with Gasteiger partial charge in [0.2, 0.25) is 5.91 Å². The SMILES string of the molecule is CC(C)(C)C(=O)Nc1ccc([C@H]2CNCCO2)cc1. The minimum Gasteiger partial charge on any atom is -0.371 e. The van der Waals surface area contributed by atoms with Gasteiger partial charge in [-0.05, 0) is 17.7 Å². The van der Waals surface area contributed by atoms with Gasteiger partial charge < -0.3 is 15.4 Å². The van der Waals surface area contributed by atoms with Crippen LogP contribution in [0.15, 0.2) is 24.3 Å². The number of amides is 1. The van der Waals surface area contributed by atoms with Gasteiger partial charge in [-0.25, -0.2) is 0 Å². The molecule has 4 heteroatoms. The van der Waals surface area contributed by atoms with Gasteiger partial charge in [-0.15, -0.1) is 0 Å². The first-order chi connectivity index (χ1) is 8.97. The number of carbonyl (C=O) groups excluding carboxylic acids is 1. The molecule has 0 unspecified atom stereocenters. The van der Waals surface area contributed by atoms with Crippen LogP contribution in [0.4, 0.5) is 5.69 Å². The van der Waals surface area contributed by atoms with Gasteiger partial charge in [-0.3, -0.25) is 4.79 Å². The molecular weight excluding hydrogens is 240 g/mol. The Hall–Kier alpha value is -1.39. The first kappa shape index (κ1) is 14.0. The minimum atomic E-state index is -0.380. The van der Waals surface area contributed by atoms with Crippen molar-refractivity contribution in [3.8, 4) is 0 Å². The van der Waals surface area contributed by atoms with E-state index >= 15 is 0 Å². The Balaban J connectivity index is 2.00. The van der Waals surface area contributed by atoms with Crippen LogP contribution in [0.5, 0.6) is 0 Å². The summed E-state index contributed by atoms with van der Waals surface area (Å²) < 4.78 is 5.69. The number of anilines is 1. The molecule has 0 saturated carbocycles. The smallest absolute Gasteiger partial charge is 0.229 e. The predicted molar refractivity (Wildman–Crippen MR) is 76.1 cm³/mol. The zero-order valence-electron chi connectivity index (χ0n) is 11.8. The topological polar surface area (TPSA) is 50.4 Å². The molecule has 0 aromatic heterocycles. The fourth-order valence-electron chi connectivity index (χ4n) is 1.88. The van der Waals surface area contributed by atoms with Gasteiger partial charge in [0, 0.05) is 24.2 Å². The molecule has 4 nitrogen and oxygen atoms in total. The Bertz CT molecular complexity index is 428. The molecule has 1 heterocycles. The van der Waals surface area contributed by atoms with E-state index in [0.29, 0.717) is 0 Å². The number of carbonyl (C=O) groups is 1. The Morgan fingerprint density at radius 1 is 1.32 bits per heavy atom. The molecule has 1 aromatic carbocycles.